The second-order valence-corrected chi connectivity index (χ2v) is 4.83. The van der Waals surface area contributed by atoms with Gasteiger partial charge in [0.1, 0.15) is 5.15 Å². The highest BCUT2D eigenvalue weighted by Gasteiger charge is 1.94. The molecule has 0 aliphatic heterocycles. The summed E-state index contributed by atoms with van der Waals surface area (Å²) >= 11 is 5.65. The molecule has 5 nitrogen and oxygen atoms in total. The first-order valence-corrected chi connectivity index (χ1v) is 6.91. The molecule has 0 unspecified atom stereocenters. The minimum Gasteiger partial charge on any atom is -0.319 e. The summed E-state index contributed by atoms with van der Waals surface area (Å²) in [5, 5.41) is 0.434. The highest BCUT2D eigenvalue weighted by atomic mass is 35.5. The second-order valence-electron chi connectivity index (χ2n) is 4.45. The van der Waals surface area contributed by atoms with Gasteiger partial charge in [-0.2, -0.15) is 0 Å². The van der Waals surface area contributed by atoms with Crippen molar-refractivity contribution in [3.05, 3.63) is 76.4 Å². The summed E-state index contributed by atoms with van der Waals surface area (Å²) in [6.45, 7) is 0. The van der Waals surface area contributed by atoms with Crippen LogP contribution in [0.4, 0.5) is 0 Å². The van der Waals surface area contributed by atoms with Crippen LogP contribution in [0, 0.1) is 0 Å². The van der Waals surface area contributed by atoms with Crippen LogP contribution in [0.1, 0.15) is 0 Å². The highest BCUT2D eigenvalue weighted by Crippen LogP contribution is 2.10. The number of aromatic amines is 1. The number of halogens is 1. The van der Waals surface area contributed by atoms with Crippen molar-refractivity contribution in [1.82, 2.24) is 19.9 Å². The molecule has 0 saturated carbocycles. The van der Waals surface area contributed by atoms with Crippen LogP contribution in [0.3, 0.4) is 0 Å². The number of benzene rings is 2. The van der Waals surface area contributed by atoms with Crippen LogP contribution in [0.2, 0.25) is 5.15 Å². The van der Waals surface area contributed by atoms with Crippen molar-refractivity contribution in [3.8, 4) is 0 Å². The molecule has 4 rings (SSSR count). The van der Waals surface area contributed by atoms with Crippen molar-refractivity contribution < 1.29 is 0 Å². The SMILES string of the molecule is Clc1cnc2ccccc2n1.O=c1cnc2ccccc2[nH]1. The first-order chi connectivity index (χ1) is 10.7. The molecule has 4 aromatic rings. The second kappa shape index (κ2) is 6.32. The standard InChI is InChI=1S/C8H5ClN2.C8H6N2O/c9-8-5-10-6-3-1-2-4-7(6)11-8;11-8-5-9-6-3-1-2-4-7(6)10-8/h1-5H;1-5H,(H,10,11). The average Bonchev–Trinajstić information content (AvgIpc) is 2.55. The third-order valence-electron chi connectivity index (χ3n) is 2.90. The van der Waals surface area contributed by atoms with E-state index in [9.17, 15) is 4.79 Å². The maximum Gasteiger partial charge on any atom is 0.266 e. The smallest absolute Gasteiger partial charge is 0.266 e. The van der Waals surface area contributed by atoms with E-state index >= 15 is 0 Å². The molecule has 6 heteroatoms. The summed E-state index contributed by atoms with van der Waals surface area (Å²) in [4.78, 5) is 25.5. The molecular formula is C16H11ClN4O. The topological polar surface area (TPSA) is 71.5 Å². The van der Waals surface area contributed by atoms with Crippen molar-refractivity contribution in [2.45, 2.75) is 0 Å². The van der Waals surface area contributed by atoms with Gasteiger partial charge in [-0.05, 0) is 24.3 Å². The molecule has 0 fully saturated rings. The van der Waals surface area contributed by atoms with E-state index in [0.29, 0.717) is 5.15 Å². The minimum atomic E-state index is -0.163. The Bertz CT molecular complexity index is 984. The quantitative estimate of drug-likeness (QED) is 0.541. The van der Waals surface area contributed by atoms with E-state index in [1.165, 1.54) is 6.20 Å². The fraction of sp³-hybridized carbons (Fsp3) is 0. The molecule has 0 aliphatic carbocycles. The normalized spacial score (nSPS) is 10.2. The lowest BCUT2D eigenvalue weighted by molar-refractivity contribution is 1.22. The van der Waals surface area contributed by atoms with Gasteiger partial charge < -0.3 is 4.98 Å². The zero-order valence-electron chi connectivity index (χ0n) is 11.4. The molecule has 108 valence electrons. The summed E-state index contributed by atoms with van der Waals surface area (Å²) in [6.07, 6.45) is 2.83. The van der Waals surface area contributed by atoms with Crippen LogP contribution in [0.15, 0.2) is 65.7 Å². The van der Waals surface area contributed by atoms with E-state index in [4.69, 9.17) is 11.6 Å². The molecule has 1 N–H and O–H groups in total. The summed E-state index contributed by atoms with van der Waals surface area (Å²) in [5.74, 6) is 0. The van der Waals surface area contributed by atoms with Crippen LogP contribution in [-0.4, -0.2) is 19.9 Å². The fourth-order valence-corrected chi connectivity index (χ4v) is 2.06. The number of H-pyrrole nitrogens is 1. The number of nitrogens with zero attached hydrogens (tertiary/aromatic N) is 3. The number of rotatable bonds is 0. The zero-order chi connectivity index (χ0) is 15.4. The number of hydrogen-bond acceptors (Lipinski definition) is 4. The summed E-state index contributed by atoms with van der Waals surface area (Å²) < 4.78 is 0. The Labute approximate surface area is 130 Å². The van der Waals surface area contributed by atoms with Gasteiger partial charge in [-0.15, -0.1) is 0 Å². The number of fused-ring (bicyclic) bond motifs is 2. The lowest BCUT2D eigenvalue weighted by Crippen LogP contribution is -2.04. The van der Waals surface area contributed by atoms with Crippen LogP contribution in [0.5, 0.6) is 0 Å². The molecule has 0 amide bonds. The Morgan fingerprint density at radius 2 is 1.45 bits per heavy atom. The summed E-state index contributed by atoms with van der Waals surface area (Å²) in [6, 6.07) is 15.0. The van der Waals surface area contributed by atoms with E-state index in [0.717, 1.165) is 22.1 Å². The van der Waals surface area contributed by atoms with Gasteiger partial charge in [0, 0.05) is 0 Å². The molecule has 0 spiro atoms. The van der Waals surface area contributed by atoms with E-state index in [1.807, 2.05) is 48.5 Å². The Morgan fingerprint density at radius 1 is 0.818 bits per heavy atom. The largest absolute Gasteiger partial charge is 0.319 e. The summed E-state index contributed by atoms with van der Waals surface area (Å²) in [7, 11) is 0. The predicted molar refractivity (Wildman–Crippen MR) is 86.9 cm³/mol. The maximum atomic E-state index is 10.8. The van der Waals surface area contributed by atoms with E-state index in [2.05, 4.69) is 19.9 Å². The Morgan fingerprint density at radius 3 is 2.27 bits per heavy atom. The van der Waals surface area contributed by atoms with Crippen molar-refractivity contribution in [3.63, 3.8) is 0 Å². The lowest BCUT2D eigenvalue weighted by Gasteiger charge is -1.93. The van der Waals surface area contributed by atoms with Crippen LogP contribution in [0.25, 0.3) is 22.1 Å². The van der Waals surface area contributed by atoms with Crippen LogP contribution >= 0.6 is 11.6 Å². The van der Waals surface area contributed by atoms with Gasteiger partial charge in [-0.3, -0.25) is 9.78 Å². The third kappa shape index (κ3) is 3.27. The van der Waals surface area contributed by atoms with Crippen molar-refractivity contribution in [2.24, 2.45) is 0 Å². The molecule has 2 heterocycles. The van der Waals surface area contributed by atoms with Gasteiger partial charge in [-0.25, -0.2) is 9.97 Å². The van der Waals surface area contributed by atoms with Gasteiger partial charge in [0.05, 0.1) is 34.5 Å². The number of para-hydroxylation sites is 4. The van der Waals surface area contributed by atoms with E-state index < -0.39 is 0 Å². The van der Waals surface area contributed by atoms with Gasteiger partial charge in [0.2, 0.25) is 0 Å². The average molecular weight is 311 g/mol. The molecular weight excluding hydrogens is 300 g/mol. The Balaban J connectivity index is 0.000000131. The monoisotopic (exact) mass is 310 g/mol. The Hall–Kier alpha value is -2.79. The molecule has 0 radical (unpaired) electrons. The number of hydrogen-bond donors (Lipinski definition) is 1. The van der Waals surface area contributed by atoms with E-state index in [1.54, 1.807) is 6.20 Å². The molecule has 0 bridgehead atoms. The molecule has 22 heavy (non-hydrogen) atoms. The van der Waals surface area contributed by atoms with Crippen molar-refractivity contribution in [1.29, 1.82) is 0 Å². The van der Waals surface area contributed by atoms with Gasteiger partial charge in [-0.1, -0.05) is 35.9 Å². The third-order valence-corrected chi connectivity index (χ3v) is 3.08. The first kappa shape index (κ1) is 14.2. The summed E-state index contributed by atoms with van der Waals surface area (Å²) in [5.41, 5.74) is 3.13. The fourth-order valence-electron chi connectivity index (χ4n) is 1.92. The molecule has 2 aromatic carbocycles. The Kier molecular flexibility index (Phi) is 4.07. The minimum absolute atomic E-state index is 0.163. The zero-order valence-corrected chi connectivity index (χ0v) is 12.2. The van der Waals surface area contributed by atoms with Gasteiger partial charge >= 0.3 is 0 Å². The van der Waals surface area contributed by atoms with Crippen LogP contribution < -0.4 is 5.56 Å². The number of aromatic nitrogens is 4. The highest BCUT2D eigenvalue weighted by molar-refractivity contribution is 6.29. The van der Waals surface area contributed by atoms with Gasteiger partial charge in [0.15, 0.2) is 0 Å². The molecule has 0 saturated heterocycles. The molecule has 2 aromatic heterocycles. The van der Waals surface area contributed by atoms with Crippen LogP contribution in [-0.2, 0) is 0 Å². The van der Waals surface area contributed by atoms with Crippen molar-refractivity contribution >= 4 is 33.7 Å². The van der Waals surface area contributed by atoms with Crippen molar-refractivity contribution in [2.75, 3.05) is 0 Å². The number of nitrogens with one attached hydrogen (secondary N) is 1. The van der Waals surface area contributed by atoms with Gasteiger partial charge in [0.25, 0.3) is 5.56 Å². The predicted octanol–water partition coefficient (Wildman–Crippen LogP) is 3.21. The first-order valence-electron chi connectivity index (χ1n) is 6.54. The molecule has 0 atom stereocenters. The van der Waals surface area contributed by atoms with E-state index in [-0.39, 0.29) is 5.56 Å². The lowest BCUT2D eigenvalue weighted by atomic mass is 10.3. The molecule has 0 aliphatic rings. The maximum absolute atomic E-state index is 10.8.